The Bertz CT molecular complexity index is 803. The van der Waals surface area contributed by atoms with Crippen LogP contribution in [0.4, 0.5) is 0 Å². The van der Waals surface area contributed by atoms with Crippen LogP contribution in [0.1, 0.15) is 31.4 Å². The largest absolute Gasteiger partial charge is 0.460 e. The van der Waals surface area contributed by atoms with Gasteiger partial charge in [-0.2, -0.15) is 0 Å². The van der Waals surface area contributed by atoms with E-state index in [1.54, 1.807) is 21.6 Å². The zero-order chi connectivity index (χ0) is 23.2. The van der Waals surface area contributed by atoms with Gasteiger partial charge in [0, 0.05) is 17.5 Å². The smallest absolute Gasteiger partial charge is 0.325 e. The van der Waals surface area contributed by atoms with Crippen LogP contribution in [0, 0.1) is 11.8 Å². The summed E-state index contributed by atoms with van der Waals surface area (Å²) in [5.41, 5.74) is 8.18. The molecule has 2 aromatic rings. The van der Waals surface area contributed by atoms with Gasteiger partial charge in [0.05, 0.1) is 5.92 Å². The Hall–Kier alpha value is -1.96. The summed E-state index contributed by atoms with van der Waals surface area (Å²) in [4.78, 5) is 24.9. The molecule has 2 rings (SSSR count). The normalized spacial score (nSPS) is 12.9. The molecule has 174 valence electrons. The second-order valence-corrected chi connectivity index (χ2v) is 10.8. The van der Waals surface area contributed by atoms with Crippen LogP contribution in [0.5, 0.6) is 0 Å². The summed E-state index contributed by atoms with van der Waals surface area (Å²) < 4.78 is 5.26. The van der Waals surface area contributed by atoms with Crippen molar-refractivity contribution in [1.29, 1.82) is 0 Å². The lowest BCUT2D eigenvalue weighted by molar-refractivity contribution is -0.145. The average Bonchev–Trinajstić information content (AvgIpc) is 2.79. The third-order valence-corrected chi connectivity index (χ3v) is 7.34. The molecule has 0 aromatic heterocycles. The number of carbonyl (C=O) groups excluding carboxylic acids is 2. The van der Waals surface area contributed by atoms with Crippen LogP contribution in [0.25, 0.3) is 0 Å². The Labute approximate surface area is 199 Å². The third kappa shape index (κ3) is 11.1. The molecule has 0 fully saturated rings. The second-order valence-electron chi connectivity index (χ2n) is 8.21. The number of hydrogen-bond donors (Lipinski definition) is 2. The highest BCUT2D eigenvalue weighted by Gasteiger charge is 2.20. The fraction of sp³-hybridized carbons (Fsp3) is 0.440. The monoisotopic (exact) mass is 474 g/mol. The lowest BCUT2D eigenvalue weighted by Gasteiger charge is -2.17. The number of benzene rings is 2. The first-order valence-electron chi connectivity index (χ1n) is 10.9. The fourth-order valence-corrected chi connectivity index (χ4v) is 5.69. The van der Waals surface area contributed by atoms with Crippen molar-refractivity contribution in [2.45, 2.75) is 39.3 Å². The predicted octanol–water partition coefficient (Wildman–Crippen LogP) is 4.46. The molecule has 2 aromatic carbocycles. The molecule has 0 spiro atoms. The summed E-state index contributed by atoms with van der Waals surface area (Å²) in [6.07, 6.45) is 1.62. The molecule has 0 aliphatic heterocycles. The predicted molar refractivity (Wildman–Crippen MR) is 135 cm³/mol. The maximum Gasteiger partial charge on any atom is 0.325 e. The van der Waals surface area contributed by atoms with Gasteiger partial charge in [-0.25, -0.2) is 0 Å². The van der Waals surface area contributed by atoms with Gasteiger partial charge in [0.1, 0.15) is 13.2 Å². The fourth-order valence-electron chi connectivity index (χ4n) is 3.16. The van der Waals surface area contributed by atoms with Gasteiger partial charge in [-0.1, -0.05) is 96.1 Å². The Morgan fingerprint density at radius 3 is 2.16 bits per heavy atom. The van der Waals surface area contributed by atoms with Crippen molar-refractivity contribution in [3.8, 4) is 0 Å². The number of nitrogens with two attached hydrogens (primary N) is 1. The molecule has 0 radical (unpaired) electrons. The van der Waals surface area contributed by atoms with Crippen LogP contribution in [0.2, 0.25) is 0 Å². The third-order valence-electron chi connectivity index (χ3n) is 4.75. The molecule has 0 aliphatic carbocycles. The summed E-state index contributed by atoms with van der Waals surface area (Å²) in [5.74, 6) is 1.27. The van der Waals surface area contributed by atoms with E-state index in [4.69, 9.17) is 10.5 Å². The van der Waals surface area contributed by atoms with E-state index in [-0.39, 0.29) is 31.0 Å². The zero-order valence-corrected chi connectivity index (χ0v) is 20.5. The van der Waals surface area contributed by atoms with Gasteiger partial charge >= 0.3 is 5.97 Å². The number of esters is 1. The molecule has 0 saturated heterocycles. The second kappa shape index (κ2) is 15.0. The molecule has 7 heteroatoms. The quantitative estimate of drug-likeness (QED) is 0.239. The van der Waals surface area contributed by atoms with E-state index in [1.165, 1.54) is 0 Å². The molecule has 1 amide bonds. The van der Waals surface area contributed by atoms with Crippen molar-refractivity contribution in [2.75, 3.05) is 18.1 Å². The number of amides is 1. The van der Waals surface area contributed by atoms with Gasteiger partial charge < -0.3 is 15.8 Å². The minimum atomic E-state index is -0.442. The molecule has 32 heavy (non-hydrogen) atoms. The molecule has 0 bridgehead atoms. The maximum atomic E-state index is 12.8. The maximum absolute atomic E-state index is 12.8. The topological polar surface area (TPSA) is 81.4 Å². The highest BCUT2D eigenvalue weighted by molar-refractivity contribution is 8.76. The summed E-state index contributed by atoms with van der Waals surface area (Å²) >= 11 is 0. The van der Waals surface area contributed by atoms with Crippen LogP contribution >= 0.6 is 21.6 Å². The van der Waals surface area contributed by atoms with E-state index in [0.29, 0.717) is 18.1 Å². The van der Waals surface area contributed by atoms with E-state index < -0.39 is 5.97 Å². The lowest BCUT2D eigenvalue weighted by atomic mass is 10.0. The molecular formula is C25H34N2O3S2. The Balaban J connectivity index is 1.81. The van der Waals surface area contributed by atoms with Gasteiger partial charge in [-0.15, -0.1) is 0 Å². The van der Waals surface area contributed by atoms with Gasteiger partial charge in [0.15, 0.2) is 0 Å². The molecule has 2 atom stereocenters. The molecular weight excluding hydrogens is 440 g/mol. The molecule has 2 unspecified atom stereocenters. The highest BCUT2D eigenvalue weighted by atomic mass is 33.1. The highest BCUT2D eigenvalue weighted by Crippen LogP contribution is 2.27. The van der Waals surface area contributed by atoms with Crippen molar-refractivity contribution in [3.05, 3.63) is 71.8 Å². The van der Waals surface area contributed by atoms with Crippen molar-refractivity contribution in [3.63, 3.8) is 0 Å². The Morgan fingerprint density at radius 2 is 1.53 bits per heavy atom. The zero-order valence-electron chi connectivity index (χ0n) is 18.9. The Morgan fingerprint density at radius 1 is 0.938 bits per heavy atom. The van der Waals surface area contributed by atoms with E-state index in [2.05, 4.69) is 19.2 Å². The van der Waals surface area contributed by atoms with Crippen LogP contribution < -0.4 is 11.1 Å². The lowest BCUT2D eigenvalue weighted by Crippen LogP contribution is -2.37. The van der Waals surface area contributed by atoms with Crippen molar-refractivity contribution in [1.82, 2.24) is 5.32 Å². The number of rotatable bonds is 14. The first-order chi connectivity index (χ1) is 15.4. The number of nitrogens with one attached hydrogen (secondary N) is 1. The molecule has 0 aliphatic rings. The van der Waals surface area contributed by atoms with Gasteiger partial charge in [-0.05, 0) is 29.9 Å². The van der Waals surface area contributed by atoms with Crippen LogP contribution in [-0.4, -0.2) is 36.0 Å². The Kier molecular flexibility index (Phi) is 12.3. The number of carbonyl (C=O) groups is 2. The van der Waals surface area contributed by atoms with Crippen LogP contribution in [0.3, 0.4) is 0 Å². The minimum absolute atomic E-state index is 0.131. The molecule has 0 heterocycles. The average molecular weight is 475 g/mol. The molecule has 3 N–H and O–H groups in total. The summed E-state index contributed by atoms with van der Waals surface area (Å²) in [6, 6.07) is 19.6. The van der Waals surface area contributed by atoms with Gasteiger partial charge in [0.25, 0.3) is 0 Å². The first kappa shape index (κ1) is 26.3. The standard InChI is InChI=1S/C25H34N2O3S2/c1-19(2)13-23(26)18-32-31-17-22(14-20-9-5-3-6-10-20)25(29)27-15-24(28)30-16-21-11-7-4-8-12-21/h3-12,19,22-23H,13-18,26H2,1-2H3,(H,27,29). The van der Waals surface area contributed by atoms with Crippen molar-refractivity contribution < 1.29 is 14.3 Å². The van der Waals surface area contributed by atoms with Crippen LogP contribution in [-0.2, 0) is 27.4 Å². The summed E-state index contributed by atoms with van der Waals surface area (Å²) in [5, 5.41) is 2.75. The summed E-state index contributed by atoms with van der Waals surface area (Å²) in [6.45, 7) is 4.41. The SMILES string of the molecule is CC(C)CC(N)CSSCC(Cc1ccccc1)C(=O)NCC(=O)OCc1ccccc1. The number of hydrogen-bond acceptors (Lipinski definition) is 6. The van der Waals surface area contributed by atoms with E-state index in [0.717, 1.165) is 23.3 Å². The van der Waals surface area contributed by atoms with Crippen molar-refractivity contribution >= 4 is 33.5 Å². The number of ether oxygens (including phenoxy) is 1. The minimum Gasteiger partial charge on any atom is -0.460 e. The summed E-state index contributed by atoms with van der Waals surface area (Å²) in [7, 11) is 3.38. The van der Waals surface area contributed by atoms with Crippen LogP contribution in [0.15, 0.2) is 60.7 Å². The van der Waals surface area contributed by atoms with E-state index in [1.807, 2.05) is 60.7 Å². The van der Waals surface area contributed by atoms with Gasteiger partial charge in [0.2, 0.25) is 5.91 Å². The van der Waals surface area contributed by atoms with E-state index >= 15 is 0 Å². The first-order valence-corrected chi connectivity index (χ1v) is 13.4. The van der Waals surface area contributed by atoms with Gasteiger partial charge in [-0.3, -0.25) is 9.59 Å². The van der Waals surface area contributed by atoms with Crippen molar-refractivity contribution in [2.24, 2.45) is 17.6 Å². The molecule has 5 nitrogen and oxygen atoms in total. The molecule has 0 saturated carbocycles. The van der Waals surface area contributed by atoms with E-state index in [9.17, 15) is 9.59 Å².